The van der Waals surface area contributed by atoms with Gasteiger partial charge in [0.1, 0.15) is 0 Å². The molecule has 0 amide bonds. The van der Waals surface area contributed by atoms with Crippen molar-refractivity contribution in [1.82, 2.24) is 10.3 Å². The molecular formula is C17H22N2O2. The van der Waals surface area contributed by atoms with Gasteiger partial charge in [-0.15, -0.1) is 0 Å². The molecule has 0 aliphatic heterocycles. The lowest BCUT2D eigenvalue weighted by Crippen LogP contribution is -2.13. The van der Waals surface area contributed by atoms with Crippen molar-refractivity contribution in [2.45, 2.75) is 20.4 Å². The molecule has 1 aromatic carbocycles. The molecule has 2 aromatic rings. The van der Waals surface area contributed by atoms with E-state index in [-0.39, 0.29) is 0 Å². The van der Waals surface area contributed by atoms with Crippen LogP contribution in [-0.2, 0) is 6.54 Å². The predicted octanol–water partition coefficient (Wildman–Crippen LogP) is 3.18. The summed E-state index contributed by atoms with van der Waals surface area (Å²) in [7, 11) is 3.31. The quantitative estimate of drug-likeness (QED) is 0.885. The van der Waals surface area contributed by atoms with Crippen LogP contribution in [0.4, 0.5) is 0 Å². The highest BCUT2D eigenvalue weighted by Crippen LogP contribution is 2.35. The minimum atomic E-state index is 0.730. The number of nitrogens with zero attached hydrogens (tertiary/aromatic N) is 1. The highest BCUT2D eigenvalue weighted by atomic mass is 16.5. The van der Waals surface area contributed by atoms with Gasteiger partial charge in [0.05, 0.1) is 14.2 Å². The Balaban J connectivity index is 2.52. The van der Waals surface area contributed by atoms with E-state index >= 15 is 0 Å². The third kappa shape index (κ3) is 3.52. The first kappa shape index (κ1) is 15.3. The minimum Gasteiger partial charge on any atom is -0.493 e. The maximum Gasteiger partial charge on any atom is 0.161 e. The van der Waals surface area contributed by atoms with Crippen molar-refractivity contribution in [2.24, 2.45) is 0 Å². The number of rotatable bonds is 6. The SMILES string of the molecule is CCNCc1cc(OC)c(OC)cc1-c1ccc(C)nc1. The molecule has 0 radical (unpaired) electrons. The van der Waals surface area contributed by atoms with Crippen molar-refractivity contribution in [2.75, 3.05) is 20.8 Å². The standard InChI is InChI=1S/C17H22N2O2/c1-5-18-10-14-8-16(20-3)17(21-4)9-15(14)13-7-6-12(2)19-11-13/h6-9,11,18H,5,10H2,1-4H3. The van der Waals surface area contributed by atoms with E-state index in [1.807, 2.05) is 31.3 Å². The van der Waals surface area contributed by atoms with Gasteiger partial charge in [0.25, 0.3) is 0 Å². The van der Waals surface area contributed by atoms with Crippen LogP contribution in [0.5, 0.6) is 11.5 Å². The second-order valence-corrected chi connectivity index (χ2v) is 4.83. The van der Waals surface area contributed by atoms with Gasteiger partial charge >= 0.3 is 0 Å². The number of hydrogen-bond acceptors (Lipinski definition) is 4. The Morgan fingerprint density at radius 3 is 2.38 bits per heavy atom. The number of aryl methyl sites for hydroxylation is 1. The fourth-order valence-corrected chi connectivity index (χ4v) is 2.22. The Morgan fingerprint density at radius 2 is 1.81 bits per heavy atom. The Labute approximate surface area is 126 Å². The first-order valence-corrected chi connectivity index (χ1v) is 7.08. The van der Waals surface area contributed by atoms with E-state index in [2.05, 4.69) is 23.3 Å². The van der Waals surface area contributed by atoms with Gasteiger partial charge in [0.15, 0.2) is 11.5 Å². The molecule has 0 fully saturated rings. The first-order valence-electron chi connectivity index (χ1n) is 7.08. The fourth-order valence-electron chi connectivity index (χ4n) is 2.22. The lowest BCUT2D eigenvalue weighted by atomic mass is 9.99. The zero-order chi connectivity index (χ0) is 15.2. The molecule has 1 heterocycles. The monoisotopic (exact) mass is 286 g/mol. The highest BCUT2D eigenvalue weighted by molar-refractivity contribution is 5.70. The van der Waals surface area contributed by atoms with Gasteiger partial charge in [-0.1, -0.05) is 13.0 Å². The van der Waals surface area contributed by atoms with E-state index in [0.717, 1.165) is 41.4 Å². The second-order valence-electron chi connectivity index (χ2n) is 4.83. The van der Waals surface area contributed by atoms with Gasteiger partial charge < -0.3 is 14.8 Å². The number of ether oxygens (including phenoxy) is 2. The van der Waals surface area contributed by atoms with E-state index in [1.54, 1.807) is 14.2 Å². The molecule has 1 N–H and O–H groups in total. The van der Waals surface area contributed by atoms with Crippen LogP contribution >= 0.6 is 0 Å². The molecule has 0 spiro atoms. The summed E-state index contributed by atoms with van der Waals surface area (Å²) in [6.07, 6.45) is 1.89. The van der Waals surface area contributed by atoms with E-state index in [1.165, 1.54) is 5.56 Å². The Bertz CT molecular complexity index is 594. The van der Waals surface area contributed by atoms with Crippen molar-refractivity contribution < 1.29 is 9.47 Å². The van der Waals surface area contributed by atoms with E-state index < -0.39 is 0 Å². The van der Waals surface area contributed by atoms with Crippen molar-refractivity contribution >= 4 is 0 Å². The highest BCUT2D eigenvalue weighted by Gasteiger charge is 2.12. The summed E-state index contributed by atoms with van der Waals surface area (Å²) in [6.45, 7) is 5.77. The minimum absolute atomic E-state index is 0.730. The molecule has 21 heavy (non-hydrogen) atoms. The molecule has 4 heteroatoms. The van der Waals surface area contributed by atoms with E-state index in [0.29, 0.717) is 0 Å². The predicted molar refractivity (Wildman–Crippen MR) is 84.9 cm³/mol. The van der Waals surface area contributed by atoms with Gasteiger partial charge in [-0.2, -0.15) is 0 Å². The first-order chi connectivity index (χ1) is 10.2. The molecule has 0 aliphatic rings. The average Bonchev–Trinajstić information content (AvgIpc) is 2.52. The summed E-state index contributed by atoms with van der Waals surface area (Å²) in [5.74, 6) is 1.47. The molecule has 0 unspecified atom stereocenters. The molecule has 0 bridgehead atoms. The molecule has 112 valence electrons. The lowest BCUT2D eigenvalue weighted by molar-refractivity contribution is 0.354. The maximum absolute atomic E-state index is 5.42. The zero-order valence-corrected chi connectivity index (χ0v) is 13.1. The maximum atomic E-state index is 5.42. The summed E-state index contributed by atoms with van der Waals surface area (Å²) >= 11 is 0. The summed E-state index contributed by atoms with van der Waals surface area (Å²) in [5.41, 5.74) is 4.36. The topological polar surface area (TPSA) is 43.4 Å². The van der Waals surface area contributed by atoms with Crippen molar-refractivity contribution in [1.29, 1.82) is 0 Å². The fraction of sp³-hybridized carbons (Fsp3) is 0.353. The van der Waals surface area contributed by atoms with Gasteiger partial charge in [0, 0.05) is 24.0 Å². The summed E-state index contributed by atoms with van der Waals surface area (Å²) in [4.78, 5) is 4.38. The van der Waals surface area contributed by atoms with Crippen LogP contribution in [0.15, 0.2) is 30.5 Å². The Hall–Kier alpha value is -2.07. The normalized spacial score (nSPS) is 10.5. The van der Waals surface area contributed by atoms with Crippen molar-refractivity contribution in [3.05, 3.63) is 41.7 Å². The van der Waals surface area contributed by atoms with Crippen LogP contribution in [0.2, 0.25) is 0 Å². The van der Waals surface area contributed by atoms with Crippen LogP contribution in [0, 0.1) is 6.92 Å². The Kier molecular flexibility index (Phi) is 5.17. The van der Waals surface area contributed by atoms with Crippen LogP contribution in [-0.4, -0.2) is 25.7 Å². The Morgan fingerprint density at radius 1 is 1.10 bits per heavy atom. The van der Waals surface area contributed by atoms with Gasteiger partial charge in [-0.25, -0.2) is 0 Å². The van der Waals surface area contributed by atoms with Crippen molar-refractivity contribution in [3.8, 4) is 22.6 Å². The number of pyridine rings is 1. The number of benzene rings is 1. The third-order valence-electron chi connectivity index (χ3n) is 3.40. The van der Waals surface area contributed by atoms with Gasteiger partial charge in [0.2, 0.25) is 0 Å². The molecule has 0 atom stereocenters. The molecule has 0 saturated carbocycles. The largest absolute Gasteiger partial charge is 0.493 e. The van der Waals surface area contributed by atoms with Crippen molar-refractivity contribution in [3.63, 3.8) is 0 Å². The summed E-state index contributed by atoms with van der Waals surface area (Å²) in [5, 5.41) is 3.36. The van der Waals surface area contributed by atoms with E-state index in [4.69, 9.17) is 9.47 Å². The number of nitrogens with one attached hydrogen (secondary N) is 1. The molecule has 0 aliphatic carbocycles. The molecule has 2 rings (SSSR count). The van der Waals surface area contributed by atoms with Crippen LogP contribution in [0.3, 0.4) is 0 Å². The second kappa shape index (κ2) is 7.09. The lowest BCUT2D eigenvalue weighted by Gasteiger charge is -2.15. The summed E-state index contributed by atoms with van der Waals surface area (Å²) in [6, 6.07) is 8.14. The molecule has 0 saturated heterocycles. The van der Waals surface area contributed by atoms with Gasteiger partial charge in [-0.05, 0) is 42.8 Å². The third-order valence-corrected chi connectivity index (χ3v) is 3.40. The smallest absolute Gasteiger partial charge is 0.161 e. The number of methoxy groups -OCH3 is 2. The van der Waals surface area contributed by atoms with Crippen LogP contribution in [0.25, 0.3) is 11.1 Å². The summed E-state index contributed by atoms with van der Waals surface area (Å²) < 4.78 is 10.8. The van der Waals surface area contributed by atoms with Crippen LogP contribution in [0.1, 0.15) is 18.2 Å². The molecule has 4 nitrogen and oxygen atoms in total. The molecule has 1 aromatic heterocycles. The van der Waals surface area contributed by atoms with Gasteiger partial charge in [-0.3, -0.25) is 4.98 Å². The molecular weight excluding hydrogens is 264 g/mol. The average molecular weight is 286 g/mol. The van der Waals surface area contributed by atoms with Crippen LogP contribution < -0.4 is 14.8 Å². The zero-order valence-electron chi connectivity index (χ0n) is 13.1. The van der Waals surface area contributed by atoms with E-state index in [9.17, 15) is 0 Å². The number of hydrogen-bond donors (Lipinski definition) is 1. The number of aromatic nitrogens is 1.